The molecule has 1 aromatic heterocycles. The normalized spacial score (nSPS) is 13.0. The van der Waals surface area contributed by atoms with E-state index in [1.165, 1.54) is 4.80 Å². The molecule has 0 saturated carbocycles. The van der Waals surface area contributed by atoms with Crippen molar-refractivity contribution >= 4 is 0 Å². The Morgan fingerprint density at radius 3 is 2.87 bits per heavy atom. The van der Waals surface area contributed by atoms with Crippen LogP contribution in [0.2, 0.25) is 0 Å². The summed E-state index contributed by atoms with van der Waals surface area (Å²) in [6.45, 7) is 3.59. The van der Waals surface area contributed by atoms with Gasteiger partial charge < -0.3 is 10.5 Å². The topological polar surface area (TPSA) is 78.9 Å². The Hall–Kier alpha value is -1.01. The van der Waals surface area contributed by atoms with E-state index in [0.29, 0.717) is 18.9 Å². The quantitative estimate of drug-likeness (QED) is 0.640. The molecular formula is C9H19N5O. The first-order valence-corrected chi connectivity index (χ1v) is 5.28. The van der Waals surface area contributed by atoms with Crippen molar-refractivity contribution in [3.05, 3.63) is 5.82 Å². The molecule has 0 aliphatic heterocycles. The van der Waals surface area contributed by atoms with Gasteiger partial charge in [0.05, 0.1) is 7.05 Å². The van der Waals surface area contributed by atoms with Crippen molar-refractivity contribution in [3.8, 4) is 0 Å². The van der Waals surface area contributed by atoms with Crippen molar-refractivity contribution in [2.75, 3.05) is 13.2 Å². The predicted octanol–water partition coefficient (Wildman–Crippen LogP) is -0.103. The standard InChI is InChI=1S/C9H19N5O/c1-3-5-15-6-4-8(10)7-9-11-13-14(2)12-9/h8H,3-7,10H2,1-2H3. The zero-order valence-electron chi connectivity index (χ0n) is 9.39. The molecule has 0 bridgehead atoms. The molecule has 6 nitrogen and oxygen atoms in total. The van der Waals surface area contributed by atoms with E-state index in [0.717, 1.165) is 19.4 Å². The monoisotopic (exact) mass is 213 g/mol. The largest absolute Gasteiger partial charge is 0.381 e. The van der Waals surface area contributed by atoms with E-state index in [2.05, 4.69) is 22.3 Å². The fraction of sp³-hybridized carbons (Fsp3) is 0.889. The molecule has 1 aromatic rings. The van der Waals surface area contributed by atoms with Gasteiger partial charge in [-0.1, -0.05) is 6.92 Å². The summed E-state index contributed by atoms with van der Waals surface area (Å²) in [7, 11) is 1.74. The average molecular weight is 213 g/mol. The fourth-order valence-electron chi connectivity index (χ4n) is 1.22. The van der Waals surface area contributed by atoms with Gasteiger partial charge in [0.2, 0.25) is 0 Å². The number of nitrogens with zero attached hydrogens (tertiary/aromatic N) is 4. The molecule has 0 spiro atoms. The molecule has 15 heavy (non-hydrogen) atoms. The number of rotatable bonds is 7. The first-order chi connectivity index (χ1) is 7.22. The van der Waals surface area contributed by atoms with Crippen LogP contribution >= 0.6 is 0 Å². The summed E-state index contributed by atoms with van der Waals surface area (Å²) in [4.78, 5) is 1.44. The minimum absolute atomic E-state index is 0.0473. The molecule has 1 unspecified atom stereocenters. The van der Waals surface area contributed by atoms with Crippen molar-refractivity contribution < 1.29 is 4.74 Å². The van der Waals surface area contributed by atoms with E-state index in [1.54, 1.807) is 7.05 Å². The number of ether oxygens (including phenoxy) is 1. The molecule has 0 aliphatic carbocycles. The molecule has 0 aromatic carbocycles. The summed E-state index contributed by atoms with van der Waals surface area (Å²) in [5.41, 5.74) is 5.90. The van der Waals surface area contributed by atoms with E-state index >= 15 is 0 Å². The van der Waals surface area contributed by atoms with E-state index in [4.69, 9.17) is 10.5 Å². The summed E-state index contributed by atoms with van der Waals surface area (Å²) >= 11 is 0. The number of hydrogen-bond acceptors (Lipinski definition) is 5. The third-order valence-electron chi connectivity index (χ3n) is 1.98. The smallest absolute Gasteiger partial charge is 0.176 e. The van der Waals surface area contributed by atoms with Crippen LogP contribution in [0.25, 0.3) is 0 Å². The highest BCUT2D eigenvalue weighted by atomic mass is 16.5. The number of aryl methyl sites for hydroxylation is 1. The summed E-state index contributed by atoms with van der Waals surface area (Å²) in [5.74, 6) is 0.695. The van der Waals surface area contributed by atoms with Crippen LogP contribution in [-0.4, -0.2) is 39.5 Å². The molecule has 6 heteroatoms. The first kappa shape index (κ1) is 12.1. The Morgan fingerprint density at radius 1 is 1.47 bits per heavy atom. The van der Waals surface area contributed by atoms with E-state index < -0.39 is 0 Å². The lowest BCUT2D eigenvalue weighted by molar-refractivity contribution is 0.127. The second-order valence-electron chi connectivity index (χ2n) is 3.56. The summed E-state index contributed by atoms with van der Waals surface area (Å²) in [6.07, 6.45) is 2.53. The van der Waals surface area contributed by atoms with E-state index in [-0.39, 0.29) is 6.04 Å². The fourth-order valence-corrected chi connectivity index (χ4v) is 1.22. The average Bonchev–Trinajstić information content (AvgIpc) is 2.59. The second kappa shape index (κ2) is 6.47. The van der Waals surface area contributed by atoms with Crippen LogP contribution < -0.4 is 5.73 Å². The summed E-state index contributed by atoms with van der Waals surface area (Å²) in [5, 5.41) is 11.7. The van der Waals surface area contributed by atoms with Crippen molar-refractivity contribution in [2.45, 2.75) is 32.2 Å². The molecule has 1 rings (SSSR count). The van der Waals surface area contributed by atoms with Crippen LogP contribution in [0, 0.1) is 0 Å². The predicted molar refractivity (Wildman–Crippen MR) is 56.2 cm³/mol. The SMILES string of the molecule is CCCOCCC(N)Cc1nnn(C)n1. The van der Waals surface area contributed by atoms with Gasteiger partial charge in [-0.05, 0) is 18.1 Å². The lowest BCUT2D eigenvalue weighted by atomic mass is 10.1. The van der Waals surface area contributed by atoms with Gasteiger partial charge in [-0.25, -0.2) is 0 Å². The van der Waals surface area contributed by atoms with E-state index in [9.17, 15) is 0 Å². The van der Waals surface area contributed by atoms with Gasteiger partial charge in [0, 0.05) is 25.7 Å². The zero-order valence-corrected chi connectivity index (χ0v) is 9.39. The third kappa shape index (κ3) is 4.85. The maximum absolute atomic E-state index is 5.90. The van der Waals surface area contributed by atoms with Crippen LogP contribution in [0.4, 0.5) is 0 Å². The molecule has 1 heterocycles. The Morgan fingerprint density at radius 2 is 2.27 bits per heavy atom. The minimum Gasteiger partial charge on any atom is -0.381 e. The molecule has 86 valence electrons. The zero-order chi connectivity index (χ0) is 11.1. The molecule has 0 saturated heterocycles. The highest BCUT2D eigenvalue weighted by Crippen LogP contribution is 1.97. The first-order valence-electron chi connectivity index (χ1n) is 5.28. The number of nitrogens with two attached hydrogens (primary N) is 1. The lowest BCUT2D eigenvalue weighted by Crippen LogP contribution is -2.25. The Balaban J connectivity index is 2.15. The van der Waals surface area contributed by atoms with Crippen LogP contribution in [0.3, 0.4) is 0 Å². The number of aromatic nitrogens is 4. The second-order valence-corrected chi connectivity index (χ2v) is 3.56. The summed E-state index contributed by atoms with van der Waals surface area (Å²) in [6, 6.07) is 0.0473. The maximum Gasteiger partial charge on any atom is 0.176 e. The Labute approximate surface area is 89.8 Å². The molecule has 0 aliphatic rings. The summed E-state index contributed by atoms with van der Waals surface area (Å²) < 4.78 is 5.35. The molecule has 0 radical (unpaired) electrons. The van der Waals surface area contributed by atoms with Crippen LogP contribution in [0.1, 0.15) is 25.6 Å². The van der Waals surface area contributed by atoms with Crippen molar-refractivity contribution in [1.82, 2.24) is 20.2 Å². The van der Waals surface area contributed by atoms with Crippen LogP contribution in [-0.2, 0) is 18.2 Å². The van der Waals surface area contributed by atoms with Crippen molar-refractivity contribution in [1.29, 1.82) is 0 Å². The highest BCUT2D eigenvalue weighted by Gasteiger charge is 2.08. The number of hydrogen-bond donors (Lipinski definition) is 1. The van der Waals surface area contributed by atoms with Gasteiger partial charge in [0.15, 0.2) is 5.82 Å². The van der Waals surface area contributed by atoms with E-state index in [1.807, 2.05) is 0 Å². The van der Waals surface area contributed by atoms with Gasteiger partial charge in [-0.2, -0.15) is 4.80 Å². The van der Waals surface area contributed by atoms with Gasteiger partial charge in [-0.15, -0.1) is 10.2 Å². The van der Waals surface area contributed by atoms with Crippen molar-refractivity contribution in [2.24, 2.45) is 12.8 Å². The third-order valence-corrected chi connectivity index (χ3v) is 1.98. The van der Waals surface area contributed by atoms with Gasteiger partial charge in [0.1, 0.15) is 0 Å². The van der Waals surface area contributed by atoms with Gasteiger partial charge >= 0.3 is 0 Å². The maximum atomic E-state index is 5.90. The molecule has 2 N–H and O–H groups in total. The molecule has 0 fully saturated rings. The molecule has 1 atom stereocenters. The highest BCUT2D eigenvalue weighted by molar-refractivity contribution is 4.82. The lowest BCUT2D eigenvalue weighted by Gasteiger charge is -2.08. The Bertz CT molecular complexity index is 275. The van der Waals surface area contributed by atoms with Gasteiger partial charge in [-0.3, -0.25) is 0 Å². The van der Waals surface area contributed by atoms with Crippen LogP contribution in [0.15, 0.2) is 0 Å². The van der Waals surface area contributed by atoms with Crippen molar-refractivity contribution in [3.63, 3.8) is 0 Å². The van der Waals surface area contributed by atoms with Gasteiger partial charge in [0.25, 0.3) is 0 Å². The molecular weight excluding hydrogens is 194 g/mol. The minimum atomic E-state index is 0.0473. The number of tetrazole rings is 1. The van der Waals surface area contributed by atoms with Crippen LogP contribution in [0.5, 0.6) is 0 Å². The Kier molecular flexibility index (Phi) is 5.20. The molecule has 0 amide bonds.